The molecule has 1 N–H and O–H groups in total. The van der Waals surface area contributed by atoms with E-state index in [4.69, 9.17) is 37.9 Å². The Bertz CT molecular complexity index is 2460. The number of benzene rings is 2. The average molecular weight is 1180 g/mol. The van der Waals surface area contributed by atoms with E-state index < -0.39 is 17.3 Å². The molecular weight excluding hydrogens is 1070 g/mol. The lowest BCUT2D eigenvalue weighted by Gasteiger charge is -2.45. The van der Waals surface area contributed by atoms with Crippen molar-refractivity contribution in [1.29, 1.82) is 0 Å². The molecule has 2 saturated carbocycles. The Morgan fingerprint density at radius 1 is 0.583 bits per heavy atom. The first-order valence-corrected chi connectivity index (χ1v) is 30.7. The lowest BCUT2D eigenvalue weighted by atomic mass is 9.93. The van der Waals surface area contributed by atoms with Crippen LogP contribution in [0.25, 0.3) is 0 Å². The van der Waals surface area contributed by atoms with Gasteiger partial charge in [-0.1, -0.05) is 5.57 Å². The molecule has 4 aliphatic rings. The number of nitrogens with one attached hydrogen (secondary N) is 1. The molecule has 2 aromatic rings. The van der Waals surface area contributed by atoms with E-state index in [-0.39, 0.29) is 66.1 Å². The molecule has 19 nitrogen and oxygen atoms in total. The van der Waals surface area contributed by atoms with E-state index in [1.54, 1.807) is 75.8 Å². The van der Waals surface area contributed by atoms with E-state index in [9.17, 15) is 24.0 Å². The monoisotopic (exact) mass is 1180 g/mol. The summed E-state index contributed by atoms with van der Waals surface area (Å²) in [7, 11) is 6.46. The van der Waals surface area contributed by atoms with Crippen molar-refractivity contribution in [3.8, 4) is 23.0 Å². The van der Waals surface area contributed by atoms with Gasteiger partial charge in [0, 0.05) is 113 Å². The molecule has 0 unspecified atom stereocenters. The van der Waals surface area contributed by atoms with Gasteiger partial charge in [-0.3, -0.25) is 14.4 Å². The van der Waals surface area contributed by atoms with Crippen molar-refractivity contribution in [2.24, 2.45) is 0 Å². The van der Waals surface area contributed by atoms with Crippen molar-refractivity contribution in [2.45, 2.75) is 220 Å². The van der Waals surface area contributed by atoms with Gasteiger partial charge >= 0.3 is 12.2 Å². The standard InChI is InChI=1S/C35H55N3O7.C30H49N3O6/c1-24(2)21-32(39)36(27-12-13-27)18-17-28-14-15-29(23-37(28)34(41)45-35(5,6)7)38(25(3)4)33(40)26-11-16-30(43-9)31(22-26)44-20-10-19-42-8;1-21(2)33(28(34)22-9-14-26(37-7)27(19-22)38-18-8-17-36-6)25-13-12-24(15-16-31-23-10-11-23)32(20-25)29(35)39-30(3,4)5/h11,16,21-22,25,27-29H,10,12-15,17-20,23H2,1-9H3;9,14,19,21,23-25,31H,8,10-13,15-18,20H2,1-7H3/t28-,29-;24-,25-/m11/s1. The largest absolute Gasteiger partial charge is 0.493 e. The van der Waals surface area contributed by atoms with E-state index in [0.717, 1.165) is 57.1 Å². The predicted octanol–water partition coefficient (Wildman–Crippen LogP) is 10.9. The molecule has 0 spiro atoms. The number of carbonyl (C=O) groups excluding carboxylic acids is 5. The highest BCUT2D eigenvalue weighted by molar-refractivity contribution is 5.96. The molecule has 0 aromatic heterocycles. The molecule has 84 heavy (non-hydrogen) atoms. The summed E-state index contributed by atoms with van der Waals surface area (Å²) in [5.74, 6) is 1.99. The third-order valence-electron chi connectivity index (χ3n) is 15.2. The molecule has 4 atom stereocenters. The highest BCUT2D eigenvalue weighted by Gasteiger charge is 2.42. The first-order valence-electron chi connectivity index (χ1n) is 30.7. The third-order valence-corrected chi connectivity index (χ3v) is 15.2. The molecule has 4 fully saturated rings. The maximum absolute atomic E-state index is 14.1. The number of carbonyl (C=O) groups is 5. The summed E-state index contributed by atoms with van der Waals surface area (Å²) in [5.41, 5.74) is 0.754. The van der Waals surface area contributed by atoms with Gasteiger partial charge in [-0.15, -0.1) is 0 Å². The molecule has 472 valence electrons. The van der Waals surface area contributed by atoms with Crippen LogP contribution in [0.3, 0.4) is 0 Å². The van der Waals surface area contributed by atoms with Crippen molar-refractivity contribution in [2.75, 3.05) is 81.0 Å². The Kier molecular flexibility index (Phi) is 26.8. The number of piperidine rings is 2. The summed E-state index contributed by atoms with van der Waals surface area (Å²) in [5, 5.41) is 3.57. The molecule has 2 aromatic carbocycles. The second-order valence-electron chi connectivity index (χ2n) is 25.6. The Balaban J connectivity index is 0.000000310. The normalized spacial score (nSPS) is 18.9. The van der Waals surface area contributed by atoms with Crippen LogP contribution in [0.15, 0.2) is 48.0 Å². The van der Waals surface area contributed by atoms with Gasteiger partial charge in [0.1, 0.15) is 11.2 Å². The van der Waals surface area contributed by atoms with Gasteiger partial charge in [-0.05, 0) is 190 Å². The maximum atomic E-state index is 14.1. The SMILES string of the molecule is COCCCOc1cc(C(=O)N(C(C)C)[C@@H]2CC[C@H](CCN(C(=O)C=C(C)C)C3CC3)N(C(=O)OC(C)(C)C)C2)ccc1OC.COCCCOc1cc(C(=O)N(C(C)C)[C@@H]2CC[C@H](CCNC3CC3)N(C(=O)OC(C)(C)C)C2)ccc1OC. The summed E-state index contributed by atoms with van der Waals surface area (Å²) < 4.78 is 44.7. The number of hydrogen-bond donors (Lipinski definition) is 1. The minimum Gasteiger partial charge on any atom is -0.493 e. The van der Waals surface area contributed by atoms with Crippen LogP contribution in [-0.4, -0.2) is 195 Å². The number of hydrogen-bond acceptors (Lipinski definition) is 14. The van der Waals surface area contributed by atoms with E-state index in [0.29, 0.717) is 105 Å². The lowest BCUT2D eigenvalue weighted by Crippen LogP contribution is -2.58. The quantitative estimate of drug-likeness (QED) is 0.0657. The van der Waals surface area contributed by atoms with E-state index in [2.05, 4.69) is 5.32 Å². The molecule has 2 aliphatic carbocycles. The van der Waals surface area contributed by atoms with E-state index >= 15 is 0 Å². The molecule has 0 bridgehead atoms. The van der Waals surface area contributed by atoms with Gasteiger partial charge in [0.2, 0.25) is 5.91 Å². The summed E-state index contributed by atoms with van der Waals surface area (Å²) in [4.78, 5) is 77.3. The van der Waals surface area contributed by atoms with Crippen molar-refractivity contribution in [3.05, 3.63) is 59.2 Å². The molecule has 2 saturated heterocycles. The summed E-state index contributed by atoms with van der Waals surface area (Å²) in [6.45, 7) is 27.4. The molecule has 2 aliphatic heterocycles. The topological polar surface area (TPSA) is 187 Å². The van der Waals surface area contributed by atoms with Crippen LogP contribution in [0, 0.1) is 0 Å². The summed E-state index contributed by atoms with van der Waals surface area (Å²) >= 11 is 0. The van der Waals surface area contributed by atoms with Crippen LogP contribution >= 0.6 is 0 Å². The number of allylic oxidation sites excluding steroid dienone is 1. The van der Waals surface area contributed by atoms with Crippen LogP contribution in [0.4, 0.5) is 9.59 Å². The van der Waals surface area contributed by atoms with Crippen molar-refractivity contribution in [1.82, 2.24) is 29.8 Å². The van der Waals surface area contributed by atoms with E-state index in [1.165, 1.54) is 12.8 Å². The Labute approximate surface area is 502 Å². The molecule has 19 heteroatoms. The van der Waals surface area contributed by atoms with Gasteiger partial charge in [-0.25, -0.2) is 9.59 Å². The van der Waals surface area contributed by atoms with Gasteiger partial charge in [0.25, 0.3) is 11.8 Å². The third kappa shape index (κ3) is 21.6. The zero-order chi connectivity index (χ0) is 61.9. The number of methoxy groups -OCH3 is 4. The second-order valence-corrected chi connectivity index (χ2v) is 25.6. The first-order chi connectivity index (χ1) is 39.8. The van der Waals surface area contributed by atoms with Gasteiger partial charge in [0.15, 0.2) is 23.0 Å². The second kappa shape index (κ2) is 32.6. The summed E-state index contributed by atoms with van der Waals surface area (Å²) in [6, 6.07) is 10.9. The van der Waals surface area contributed by atoms with E-state index in [1.807, 2.05) is 103 Å². The number of amides is 5. The van der Waals surface area contributed by atoms with Gasteiger partial charge < -0.3 is 67.7 Å². The number of likely N-dealkylation sites (tertiary alicyclic amines) is 2. The Hall–Kier alpha value is -5.79. The highest BCUT2D eigenvalue weighted by atomic mass is 16.6. The van der Waals surface area contributed by atoms with Crippen LogP contribution in [-0.2, 0) is 23.7 Å². The fourth-order valence-corrected chi connectivity index (χ4v) is 10.9. The summed E-state index contributed by atoms with van der Waals surface area (Å²) in [6.07, 6.45) is 11.6. The number of ether oxygens (including phenoxy) is 8. The van der Waals surface area contributed by atoms with Gasteiger partial charge in [-0.2, -0.15) is 0 Å². The van der Waals surface area contributed by atoms with Crippen LogP contribution < -0.4 is 24.3 Å². The zero-order valence-corrected chi connectivity index (χ0v) is 53.8. The fourth-order valence-electron chi connectivity index (χ4n) is 10.9. The molecule has 0 radical (unpaired) electrons. The molecule has 5 amide bonds. The predicted molar refractivity (Wildman–Crippen MR) is 326 cm³/mol. The first kappa shape index (κ1) is 69.0. The Morgan fingerprint density at radius 2 is 1.01 bits per heavy atom. The van der Waals surface area contributed by atoms with Crippen LogP contribution in [0.1, 0.15) is 181 Å². The zero-order valence-electron chi connectivity index (χ0n) is 53.8. The van der Waals surface area contributed by atoms with Crippen molar-refractivity contribution < 1.29 is 61.9 Å². The molecule has 6 rings (SSSR count). The Morgan fingerprint density at radius 3 is 1.38 bits per heavy atom. The number of rotatable bonds is 27. The van der Waals surface area contributed by atoms with Gasteiger partial charge in [0.05, 0.1) is 39.5 Å². The smallest absolute Gasteiger partial charge is 0.410 e. The number of nitrogens with zero attached hydrogens (tertiary/aromatic N) is 5. The van der Waals surface area contributed by atoms with Crippen LogP contribution in [0.5, 0.6) is 23.0 Å². The van der Waals surface area contributed by atoms with Crippen molar-refractivity contribution in [3.63, 3.8) is 0 Å². The average Bonchev–Trinajstić information content (AvgIpc) is 3.98. The fraction of sp³-hybridized carbons (Fsp3) is 0.708. The molecule has 2 heterocycles. The lowest BCUT2D eigenvalue weighted by molar-refractivity contribution is -0.126. The maximum Gasteiger partial charge on any atom is 0.410 e. The van der Waals surface area contributed by atoms with Crippen LogP contribution in [0.2, 0.25) is 0 Å². The highest BCUT2D eigenvalue weighted by Crippen LogP contribution is 2.35. The minimum atomic E-state index is -0.662. The van der Waals surface area contributed by atoms with Crippen molar-refractivity contribution >= 4 is 29.9 Å². The minimum absolute atomic E-state index is 0.0353. The molecular formula is C65H104N6O13.